The Balaban J connectivity index is 1.52. The van der Waals surface area contributed by atoms with E-state index in [9.17, 15) is 4.79 Å². The van der Waals surface area contributed by atoms with Gasteiger partial charge in [-0.05, 0) is 37.3 Å². The zero-order chi connectivity index (χ0) is 25.5. The van der Waals surface area contributed by atoms with Crippen molar-refractivity contribution in [3.63, 3.8) is 0 Å². The molecule has 11 nitrogen and oxygen atoms in total. The predicted octanol–water partition coefficient (Wildman–Crippen LogP) is 2.54. The minimum atomic E-state index is -0.298. The highest BCUT2D eigenvalue weighted by Crippen LogP contribution is 2.37. The molecule has 1 aliphatic rings. The Morgan fingerprint density at radius 3 is 2.75 bits per heavy atom. The number of aromatic amines is 1. The lowest BCUT2D eigenvalue weighted by atomic mass is 9.89. The summed E-state index contributed by atoms with van der Waals surface area (Å²) in [6.07, 6.45) is 5.36. The van der Waals surface area contributed by atoms with E-state index in [2.05, 4.69) is 30.2 Å². The van der Waals surface area contributed by atoms with Crippen molar-refractivity contribution in [2.24, 2.45) is 0 Å². The van der Waals surface area contributed by atoms with Gasteiger partial charge < -0.3 is 34.1 Å². The highest BCUT2D eigenvalue weighted by atomic mass is 16.5. The quantitative estimate of drug-likeness (QED) is 0.384. The van der Waals surface area contributed by atoms with E-state index in [0.29, 0.717) is 31.5 Å². The number of methoxy groups -OCH3 is 3. The number of aromatic nitrogens is 4. The molecule has 0 bridgehead atoms. The molecule has 0 spiro atoms. The summed E-state index contributed by atoms with van der Waals surface area (Å²) in [6.45, 7) is 4.60. The van der Waals surface area contributed by atoms with E-state index in [1.54, 1.807) is 33.6 Å². The average molecular weight is 499 g/mol. The Morgan fingerprint density at radius 1 is 1.22 bits per heavy atom. The molecule has 0 unspecified atom stereocenters. The molecule has 2 N–H and O–H groups in total. The van der Waals surface area contributed by atoms with E-state index < -0.39 is 0 Å². The van der Waals surface area contributed by atoms with Crippen molar-refractivity contribution < 1.29 is 23.7 Å². The first-order valence-corrected chi connectivity index (χ1v) is 12.1. The largest absolute Gasteiger partial charge is 0.496 e. The van der Waals surface area contributed by atoms with Gasteiger partial charge in [-0.3, -0.25) is 4.79 Å². The van der Waals surface area contributed by atoms with Gasteiger partial charge in [0, 0.05) is 52.3 Å². The van der Waals surface area contributed by atoms with Crippen LogP contribution in [0, 0.1) is 0 Å². The van der Waals surface area contributed by atoms with Gasteiger partial charge in [-0.15, -0.1) is 0 Å². The maximum absolute atomic E-state index is 12.7. The van der Waals surface area contributed by atoms with E-state index in [1.165, 1.54) is 5.56 Å². The van der Waals surface area contributed by atoms with Crippen LogP contribution < -0.4 is 19.7 Å². The minimum absolute atomic E-state index is 0.156. The maximum Gasteiger partial charge on any atom is 0.319 e. The van der Waals surface area contributed by atoms with E-state index in [0.717, 1.165) is 42.7 Å². The van der Waals surface area contributed by atoms with Crippen LogP contribution >= 0.6 is 0 Å². The molecule has 11 heteroatoms. The van der Waals surface area contributed by atoms with Crippen LogP contribution in [0.15, 0.2) is 24.5 Å². The van der Waals surface area contributed by atoms with Gasteiger partial charge in [-0.1, -0.05) is 0 Å². The van der Waals surface area contributed by atoms with Crippen LogP contribution in [0.4, 0.5) is 5.82 Å². The van der Waals surface area contributed by atoms with Gasteiger partial charge >= 0.3 is 6.01 Å². The van der Waals surface area contributed by atoms with Gasteiger partial charge in [0.15, 0.2) is 0 Å². The Hall–Kier alpha value is -3.44. The monoisotopic (exact) mass is 498 g/mol. The third kappa shape index (κ3) is 5.85. The molecule has 0 radical (unpaired) electrons. The molecule has 1 aliphatic heterocycles. The third-order valence-electron chi connectivity index (χ3n) is 6.27. The van der Waals surface area contributed by atoms with Gasteiger partial charge in [0.2, 0.25) is 0 Å². The molecule has 0 aliphatic carbocycles. The molecule has 4 heterocycles. The number of hydrogen-bond acceptors (Lipinski definition) is 9. The van der Waals surface area contributed by atoms with Crippen LogP contribution in [-0.2, 0) is 9.47 Å². The van der Waals surface area contributed by atoms with Gasteiger partial charge in [-0.25, -0.2) is 4.98 Å². The van der Waals surface area contributed by atoms with Gasteiger partial charge in [0.25, 0.3) is 5.91 Å². The zero-order valence-electron chi connectivity index (χ0n) is 21.2. The van der Waals surface area contributed by atoms with Crippen molar-refractivity contribution in [1.82, 2.24) is 25.3 Å². The average Bonchev–Trinajstić information content (AvgIpc) is 3.33. The van der Waals surface area contributed by atoms with Crippen LogP contribution in [0.1, 0.15) is 41.7 Å². The molecule has 0 saturated carbocycles. The summed E-state index contributed by atoms with van der Waals surface area (Å²) < 4.78 is 21.6. The summed E-state index contributed by atoms with van der Waals surface area (Å²) in [5.41, 5.74) is 2.30. The van der Waals surface area contributed by atoms with Gasteiger partial charge in [0.05, 0.1) is 25.7 Å². The smallest absolute Gasteiger partial charge is 0.319 e. The molecule has 194 valence electrons. The summed E-state index contributed by atoms with van der Waals surface area (Å²) >= 11 is 0. The Labute approximate surface area is 210 Å². The number of ether oxygens (including phenoxy) is 4. The number of carbonyl (C=O) groups excluding carboxylic acids is 1. The molecule has 36 heavy (non-hydrogen) atoms. The number of rotatable bonds is 11. The lowest BCUT2D eigenvalue weighted by molar-refractivity contribution is 0.0841. The Bertz CT molecular complexity index is 1160. The molecule has 1 fully saturated rings. The molecule has 1 saturated heterocycles. The van der Waals surface area contributed by atoms with Crippen molar-refractivity contribution in [3.8, 4) is 11.8 Å². The standard InChI is InChI=1S/C25H34N6O5/c1-16(15-34-3)36-25-29-19(24(32)27-9-12-33-2)13-21(30-25)31-10-6-17(7-11-31)18-14-28-23-22(18)20(35-4)5-8-26-23/h5,8,13-14,16-17H,6-7,9-12,15H2,1-4H3,(H,26,28)(H,27,32)/t16-/m1/s1. The highest BCUT2D eigenvalue weighted by molar-refractivity contribution is 5.93. The number of piperidine rings is 1. The molecule has 3 aromatic heterocycles. The number of nitrogens with one attached hydrogen (secondary N) is 2. The van der Waals surface area contributed by atoms with E-state index >= 15 is 0 Å². The first-order chi connectivity index (χ1) is 17.5. The number of anilines is 1. The lowest BCUT2D eigenvalue weighted by Gasteiger charge is -2.33. The SMILES string of the molecule is COCCNC(=O)c1cc(N2CCC(c3c[nH]c4nccc(OC)c34)CC2)nc(O[C@H](C)COC)n1. The number of carbonyl (C=O) groups is 1. The summed E-state index contributed by atoms with van der Waals surface area (Å²) in [6, 6.07) is 3.76. The number of amides is 1. The fraction of sp³-hybridized carbons (Fsp3) is 0.520. The van der Waals surface area contributed by atoms with Crippen LogP contribution in [-0.4, -0.2) is 86.1 Å². The second-order valence-electron chi connectivity index (χ2n) is 8.77. The fourth-order valence-electron chi connectivity index (χ4n) is 4.51. The van der Waals surface area contributed by atoms with Crippen molar-refractivity contribution in [2.45, 2.75) is 31.8 Å². The first kappa shape index (κ1) is 25.6. The van der Waals surface area contributed by atoms with Gasteiger partial charge in [-0.2, -0.15) is 9.97 Å². The zero-order valence-corrected chi connectivity index (χ0v) is 21.2. The van der Waals surface area contributed by atoms with E-state index in [1.807, 2.05) is 19.2 Å². The number of fused-ring (bicyclic) bond motifs is 1. The molecule has 4 rings (SSSR count). The van der Waals surface area contributed by atoms with E-state index in [4.69, 9.17) is 18.9 Å². The summed E-state index contributed by atoms with van der Waals surface area (Å²) in [4.78, 5) is 31.6. The molecule has 1 atom stereocenters. The summed E-state index contributed by atoms with van der Waals surface area (Å²) in [5.74, 6) is 1.54. The third-order valence-corrected chi connectivity index (χ3v) is 6.27. The van der Waals surface area contributed by atoms with Crippen LogP contribution in [0.2, 0.25) is 0 Å². The van der Waals surface area contributed by atoms with E-state index in [-0.39, 0.29) is 23.7 Å². The van der Waals surface area contributed by atoms with Crippen molar-refractivity contribution in [1.29, 1.82) is 0 Å². The highest BCUT2D eigenvalue weighted by Gasteiger charge is 2.26. The first-order valence-electron chi connectivity index (χ1n) is 12.1. The topological polar surface area (TPSA) is 124 Å². The van der Waals surface area contributed by atoms with Crippen LogP contribution in [0.5, 0.6) is 11.8 Å². The number of hydrogen-bond donors (Lipinski definition) is 2. The molecular formula is C25H34N6O5. The number of H-pyrrole nitrogens is 1. The molecule has 3 aromatic rings. The van der Waals surface area contributed by atoms with Crippen molar-refractivity contribution >= 4 is 22.8 Å². The summed E-state index contributed by atoms with van der Waals surface area (Å²) in [5, 5.41) is 3.86. The van der Waals surface area contributed by atoms with Crippen LogP contribution in [0.25, 0.3) is 11.0 Å². The fourth-order valence-corrected chi connectivity index (χ4v) is 4.51. The second-order valence-corrected chi connectivity index (χ2v) is 8.77. The Morgan fingerprint density at radius 2 is 2.03 bits per heavy atom. The second kappa shape index (κ2) is 12.0. The normalized spacial score (nSPS) is 15.2. The molecular weight excluding hydrogens is 464 g/mol. The predicted molar refractivity (Wildman–Crippen MR) is 135 cm³/mol. The maximum atomic E-state index is 12.7. The Kier molecular flexibility index (Phi) is 8.55. The van der Waals surface area contributed by atoms with Crippen molar-refractivity contribution in [2.75, 3.05) is 59.1 Å². The molecule has 0 aromatic carbocycles. The van der Waals surface area contributed by atoms with Crippen LogP contribution in [0.3, 0.4) is 0 Å². The van der Waals surface area contributed by atoms with Crippen molar-refractivity contribution in [3.05, 3.63) is 35.8 Å². The lowest BCUT2D eigenvalue weighted by Crippen LogP contribution is -2.34. The summed E-state index contributed by atoms with van der Waals surface area (Å²) in [7, 11) is 4.87. The van der Waals surface area contributed by atoms with Gasteiger partial charge in [0.1, 0.15) is 29.0 Å². The molecule has 1 amide bonds. The number of nitrogens with zero attached hydrogens (tertiary/aromatic N) is 4. The minimum Gasteiger partial charge on any atom is -0.496 e. The number of pyridine rings is 1.